The first kappa shape index (κ1) is 13.3. The highest BCUT2D eigenvalue weighted by atomic mass is 32.2. The van der Waals surface area contributed by atoms with Crippen LogP contribution in [0.1, 0.15) is 40.0 Å². The second-order valence-electron chi connectivity index (χ2n) is 2.59. The molecule has 0 fully saturated rings. The van der Waals surface area contributed by atoms with Gasteiger partial charge in [-0.3, -0.25) is 0 Å². The zero-order chi connectivity index (χ0) is 9.94. The van der Waals surface area contributed by atoms with Crippen molar-refractivity contribution in [3.63, 3.8) is 0 Å². The van der Waals surface area contributed by atoms with Crippen molar-refractivity contribution in [1.82, 2.24) is 0 Å². The molecule has 0 aromatic rings. The van der Waals surface area contributed by atoms with Gasteiger partial charge in [-0.25, -0.2) is 0 Å². The molecule has 0 radical (unpaired) electrons. The van der Waals surface area contributed by atoms with Crippen LogP contribution in [0.3, 0.4) is 0 Å². The zero-order valence-corrected chi connectivity index (χ0v) is 10.6. The first-order valence-corrected chi connectivity index (χ1v) is 7.13. The Morgan fingerprint density at radius 1 is 1.00 bits per heavy atom. The first-order chi connectivity index (χ1) is 6.35. The Bertz CT molecular complexity index is 149. The molecule has 0 saturated heterocycles. The summed E-state index contributed by atoms with van der Waals surface area (Å²) in [6, 6.07) is 0. The average molecular weight is 216 g/mol. The van der Waals surface area contributed by atoms with Gasteiger partial charge in [0, 0.05) is 12.8 Å². The molecule has 0 spiro atoms. The fourth-order valence-electron chi connectivity index (χ4n) is 0.990. The second kappa shape index (κ2) is 10.3. The third kappa shape index (κ3) is 8.59. The quantitative estimate of drug-likeness (QED) is 0.486. The van der Waals surface area contributed by atoms with Crippen molar-refractivity contribution in [3.8, 4) is 11.8 Å². The highest BCUT2D eigenvalue weighted by molar-refractivity contribution is 8.16. The van der Waals surface area contributed by atoms with Crippen LogP contribution in [-0.4, -0.2) is 16.1 Å². The van der Waals surface area contributed by atoms with Gasteiger partial charge in [-0.1, -0.05) is 20.8 Å². The van der Waals surface area contributed by atoms with Gasteiger partial charge < -0.3 is 0 Å². The highest BCUT2D eigenvalue weighted by Crippen LogP contribution is 2.27. The summed E-state index contributed by atoms with van der Waals surface area (Å²) in [6.07, 6.45) is 3.30. The molecule has 2 heteroatoms. The van der Waals surface area contributed by atoms with E-state index in [1.165, 1.54) is 17.9 Å². The minimum absolute atomic E-state index is 0.765. The van der Waals surface area contributed by atoms with Gasteiger partial charge in [0.1, 0.15) is 0 Å². The van der Waals surface area contributed by atoms with Crippen LogP contribution in [0.5, 0.6) is 0 Å². The third-order valence-electron chi connectivity index (χ3n) is 1.51. The van der Waals surface area contributed by atoms with E-state index in [4.69, 9.17) is 0 Å². The lowest BCUT2D eigenvalue weighted by molar-refractivity contribution is 0.957. The molecule has 0 bridgehead atoms. The molecule has 0 atom stereocenters. The van der Waals surface area contributed by atoms with E-state index in [1.807, 2.05) is 0 Å². The Hall–Kier alpha value is 0.260. The summed E-state index contributed by atoms with van der Waals surface area (Å²) in [7, 11) is 0. The van der Waals surface area contributed by atoms with Crippen LogP contribution in [-0.2, 0) is 0 Å². The van der Waals surface area contributed by atoms with Crippen molar-refractivity contribution in [2.75, 3.05) is 11.5 Å². The molecular formula is C11H20S2. The van der Waals surface area contributed by atoms with E-state index in [1.54, 1.807) is 0 Å². The predicted octanol–water partition coefficient (Wildman–Crippen LogP) is 4.01. The van der Waals surface area contributed by atoms with Crippen molar-refractivity contribution in [2.45, 2.75) is 44.6 Å². The summed E-state index contributed by atoms with van der Waals surface area (Å²) in [5, 5.41) is 0. The number of rotatable bonds is 6. The standard InChI is InChI=1S/C11H20S2/c1-4-7-8-9-10-11(12-5-2)13-6-3/h11H,4-6,9-10H2,1-3H3. The Morgan fingerprint density at radius 3 is 2.08 bits per heavy atom. The maximum absolute atomic E-state index is 3.21. The Labute approximate surface area is 91.6 Å². The van der Waals surface area contributed by atoms with E-state index in [9.17, 15) is 0 Å². The molecule has 0 rings (SSSR count). The fraction of sp³-hybridized carbons (Fsp3) is 0.818. The van der Waals surface area contributed by atoms with Gasteiger partial charge in [0.25, 0.3) is 0 Å². The number of thioether (sulfide) groups is 2. The Morgan fingerprint density at radius 2 is 1.62 bits per heavy atom. The number of hydrogen-bond donors (Lipinski definition) is 0. The smallest absolute Gasteiger partial charge is 0.0511 e. The molecular weight excluding hydrogens is 196 g/mol. The van der Waals surface area contributed by atoms with Crippen LogP contribution in [0.15, 0.2) is 0 Å². The second-order valence-corrected chi connectivity index (χ2v) is 5.84. The molecule has 0 unspecified atom stereocenters. The lowest BCUT2D eigenvalue weighted by Gasteiger charge is -2.11. The van der Waals surface area contributed by atoms with Crippen LogP contribution in [0.25, 0.3) is 0 Å². The molecule has 0 aliphatic carbocycles. The van der Waals surface area contributed by atoms with E-state index in [0.29, 0.717) is 0 Å². The van der Waals surface area contributed by atoms with Crippen molar-refractivity contribution < 1.29 is 0 Å². The summed E-state index contributed by atoms with van der Waals surface area (Å²) in [5.41, 5.74) is 0. The lowest BCUT2D eigenvalue weighted by Crippen LogP contribution is -1.97. The maximum Gasteiger partial charge on any atom is 0.0511 e. The van der Waals surface area contributed by atoms with E-state index in [-0.39, 0.29) is 0 Å². The van der Waals surface area contributed by atoms with E-state index in [0.717, 1.165) is 17.4 Å². The molecule has 0 aromatic heterocycles. The van der Waals surface area contributed by atoms with Gasteiger partial charge in [-0.2, -0.15) is 0 Å². The molecule has 13 heavy (non-hydrogen) atoms. The molecule has 0 heterocycles. The summed E-state index contributed by atoms with van der Waals surface area (Å²) in [5.74, 6) is 8.77. The molecule has 76 valence electrons. The minimum Gasteiger partial charge on any atom is -0.148 e. The largest absolute Gasteiger partial charge is 0.148 e. The van der Waals surface area contributed by atoms with E-state index >= 15 is 0 Å². The molecule has 0 aromatic carbocycles. The predicted molar refractivity (Wildman–Crippen MR) is 67.4 cm³/mol. The van der Waals surface area contributed by atoms with E-state index < -0.39 is 0 Å². The van der Waals surface area contributed by atoms with Crippen LogP contribution in [0, 0.1) is 11.8 Å². The number of hydrogen-bond acceptors (Lipinski definition) is 2. The molecule has 0 N–H and O–H groups in total. The average Bonchev–Trinajstić information content (AvgIpc) is 2.13. The van der Waals surface area contributed by atoms with Crippen LogP contribution < -0.4 is 0 Å². The van der Waals surface area contributed by atoms with Gasteiger partial charge in [0.15, 0.2) is 0 Å². The fourth-order valence-corrected chi connectivity index (χ4v) is 3.50. The summed E-state index contributed by atoms with van der Waals surface area (Å²) >= 11 is 4.11. The topological polar surface area (TPSA) is 0 Å². The van der Waals surface area contributed by atoms with Crippen LogP contribution >= 0.6 is 23.5 Å². The van der Waals surface area contributed by atoms with Crippen molar-refractivity contribution in [2.24, 2.45) is 0 Å². The third-order valence-corrected chi connectivity index (χ3v) is 4.21. The van der Waals surface area contributed by atoms with Crippen LogP contribution in [0.2, 0.25) is 0 Å². The van der Waals surface area contributed by atoms with Gasteiger partial charge >= 0.3 is 0 Å². The van der Waals surface area contributed by atoms with Crippen molar-refractivity contribution in [1.29, 1.82) is 0 Å². The molecule has 0 amide bonds. The van der Waals surface area contributed by atoms with Crippen LogP contribution in [0.4, 0.5) is 0 Å². The Kier molecular flexibility index (Phi) is 10.5. The normalized spacial score (nSPS) is 9.85. The highest BCUT2D eigenvalue weighted by Gasteiger charge is 2.05. The van der Waals surface area contributed by atoms with Crippen molar-refractivity contribution in [3.05, 3.63) is 0 Å². The maximum atomic E-state index is 3.21. The molecule has 0 aliphatic heterocycles. The zero-order valence-electron chi connectivity index (χ0n) is 8.93. The monoisotopic (exact) mass is 216 g/mol. The summed E-state index contributed by atoms with van der Waals surface area (Å²) in [6.45, 7) is 6.56. The van der Waals surface area contributed by atoms with Crippen molar-refractivity contribution >= 4 is 23.5 Å². The van der Waals surface area contributed by atoms with Gasteiger partial charge in [-0.05, 0) is 17.9 Å². The van der Waals surface area contributed by atoms with Gasteiger partial charge in [0.2, 0.25) is 0 Å². The molecule has 0 nitrogen and oxygen atoms in total. The molecule has 0 aliphatic rings. The summed E-state index contributed by atoms with van der Waals surface area (Å²) in [4.78, 5) is 0. The summed E-state index contributed by atoms with van der Waals surface area (Å²) < 4.78 is 0.765. The SMILES string of the molecule is CCC#CCCC(SCC)SCC. The minimum atomic E-state index is 0.765. The lowest BCUT2D eigenvalue weighted by atomic mass is 10.3. The van der Waals surface area contributed by atoms with Gasteiger partial charge in [-0.15, -0.1) is 35.4 Å². The molecule has 0 saturated carbocycles. The first-order valence-electron chi connectivity index (χ1n) is 5.04. The van der Waals surface area contributed by atoms with E-state index in [2.05, 4.69) is 56.1 Å². The Balaban J connectivity index is 3.55. The van der Waals surface area contributed by atoms with Gasteiger partial charge in [0.05, 0.1) is 4.58 Å².